The molecule has 4 aromatic rings. The van der Waals surface area contributed by atoms with E-state index in [1.165, 1.54) is 5.56 Å². The fraction of sp³-hybridized carbons (Fsp3) is 0.125. The molecule has 0 unspecified atom stereocenters. The summed E-state index contributed by atoms with van der Waals surface area (Å²) in [6.07, 6.45) is 4.01. The molecule has 0 atom stereocenters. The second kappa shape index (κ2) is 6.37. The molecule has 120 valence electrons. The maximum absolute atomic E-state index is 4.61. The van der Waals surface area contributed by atoms with Gasteiger partial charge in [-0.15, -0.1) is 5.10 Å². The minimum absolute atomic E-state index is 0.700. The Kier molecular flexibility index (Phi) is 4.07. The van der Waals surface area contributed by atoms with Gasteiger partial charge in [-0.05, 0) is 57.5 Å². The van der Waals surface area contributed by atoms with Crippen molar-refractivity contribution in [1.29, 1.82) is 0 Å². The summed E-state index contributed by atoms with van der Waals surface area (Å²) in [5.74, 6) is 0.700. The van der Waals surface area contributed by atoms with Crippen LogP contribution >= 0.6 is 27.7 Å². The van der Waals surface area contributed by atoms with Gasteiger partial charge in [0.05, 0.1) is 11.4 Å². The van der Waals surface area contributed by atoms with E-state index < -0.39 is 0 Å². The van der Waals surface area contributed by atoms with Gasteiger partial charge in [-0.3, -0.25) is 0 Å². The van der Waals surface area contributed by atoms with Gasteiger partial charge in [0.25, 0.3) is 0 Å². The summed E-state index contributed by atoms with van der Waals surface area (Å²) in [4.78, 5) is 4.61. The molecule has 0 aliphatic rings. The van der Waals surface area contributed by atoms with E-state index in [-0.39, 0.29) is 0 Å². The summed E-state index contributed by atoms with van der Waals surface area (Å²) < 4.78 is 4.77. The predicted octanol–water partition coefficient (Wildman–Crippen LogP) is 3.67. The van der Waals surface area contributed by atoms with Crippen LogP contribution in [-0.2, 0) is 5.75 Å². The van der Waals surface area contributed by atoms with Crippen LogP contribution in [0.3, 0.4) is 0 Å². The van der Waals surface area contributed by atoms with Crippen LogP contribution in [-0.4, -0.2) is 29.6 Å². The zero-order valence-electron chi connectivity index (χ0n) is 12.8. The molecule has 4 rings (SSSR count). The molecule has 0 N–H and O–H groups in total. The van der Waals surface area contributed by atoms with E-state index in [4.69, 9.17) is 0 Å². The number of fused-ring (bicyclic) bond motifs is 1. The van der Waals surface area contributed by atoms with Gasteiger partial charge < -0.3 is 4.40 Å². The van der Waals surface area contributed by atoms with Gasteiger partial charge in [0.2, 0.25) is 5.16 Å². The average Bonchev–Trinajstić information content (AvgIpc) is 3.19. The van der Waals surface area contributed by atoms with Gasteiger partial charge in [0.1, 0.15) is 5.65 Å². The largest absolute Gasteiger partial charge is 0.306 e. The Labute approximate surface area is 151 Å². The van der Waals surface area contributed by atoms with Crippen molar-refractivity contribution < 1.29 is 0 Å². The molecule has 0 saturated carbocycles. The highest BCUT2D eigenvalue weighted by Crippen LogP contribution is 2.23. The highest BCUT2D eigenvalue weighted by Gasteiger charge is 2.10. The number of aryl methyl sites for hydroxylation is 1. The summed E-state index contributed by atoms with van der Waals surface area (Å²) in [6.45, 7) is 2.06. The van der Waals surface area contributed by atoms with Crippen LogP contribution in [0.5, 0.6) is 0 Å². The van der Waals surface area contributed by atoms with Crippen molar-refractivity contribution in [1.82, 2.24) is 29.6 Å². The van der Waals surface area contributed by atoms with E-state index in [0.717, 1.165) is 26.7 Å². The number of nitrogens with zero attached hydrogens (tertiary/aromatic N) is 6. The lowest BCUT2D eigenvalue weighted by Gasteiger charge is -2.03. The summed E-state index contributed by atoms with van der Waals surface area (Å²) >= 11 is 5.03. The molecule has 0 fully saturated rings. The normalized spacial score (nSPS) is 11.2. The second-order valence-electron chi connectivity index (χ2n) is 5.34. The van der Waals surface area contributed by atoms with Gasteiger partial charge >= 0.3 is 0 Å². The number of rotatable bonds is 4. The van der Waals surface area contributed by atoms with E-state index in [1.54, 1.807) is 16.4 Å². The Morgan fingerprint density at radius 1 is 1.08 bits per heavy atom. The lowest BCUT2D eigenvalue weighted by Crippen LogP contribution is -1.99. The van der Waals surface area contributed by atoms with Crippen LogP contribution in [0.15, 0.2) is 58.4 Å². The Hall–Kier alpha value is -2.19. The van der Waals surface area contributed by atoms with Crippen LogP contribution in [0.4, 0.5) is 0 Å². The lowest BCUT2D eigenvalue weighted by atomic mass is 10.2. The highest BCUT2D eigenvalue weighted by molar-refractivity contribution is 9.10. The van der Waals surface area contributed by atoms with Crippen molar-refractivity contribution in [3.05, 3.63) is 64.5 Å². The van der Waals surface area contributed by atoms with Crippen molar-refractivity contribution in [2.75, 3.05) is 0 Å². The van der Waals surface area contributed by atoms with E-state index in [2.05, 4.69) is 43.4 Å². The van der Waals surface area contributed by atoms with Gasteiger partial charge in [-0.1, -0.05) is 29.5 Å². The van der Waals surface area contributed by atoms with Crippen LogP contribution in [0.25, 0.3) is 11.3 Å². The number of tetrazole rings is 1. The zero-order chi connectivity index (χ0) is 16.5. The second-order valence-corrected chi connectivity index (χ2v) is 7.20. The molecule has 0 aliphatic carbocycles. The first kappa shape index (κ1) is 15.3. The standard InChI is InChI=1S/C16H13BrN6S/c1-11-2-5-14(6-3-11)23-16(19-20-21-23)24-10-13-9-22-8-12(17)4-7-15(22)18-13/h2-9H,10H2,1H3. The number of pyridine rings is 1. The molecule has 3 aromatic heterocycles. The van der Waals surface area contributed by atoms with Crippen molar-refractivity contribution in [2.24, 2.45) is 0 Å². The van der Waals surface area contributed by atoms with Gasteiger partial charge in [0.15, 0.2) is 0 Å². The van der Waals surface area contributed by atoms with Gasteiger partial charge in [-0.2, -0.15) is 4.68 Å². The Morgan fingerprint density at radius 3 is 2.75 bits per heavy atom. The molecular formula is C16H13BrN6S. The van der Waals surface area contributed by atoms with Crippen molar-refractivity contribution in [2.45, 2.75) is 17.8 Å². The number of hydrogen-bond acceptors (Lipinski definition) is 5. The van der Waals surface area contributed by atoms with E-state index in [0.29, 0.717) is 5.75 Å². The molecule has 0 spiro atoms. The van der Waals surface area contributed by atoms with Gasteiger partial charge in [-0.25, -0.2) is 4.98 Å². The quantitative estimate of drug-likeness (QED) is 0.489. The topological polar surface area (TPSA) is 60.9 Å². The molecule has 6 nitrogen and oxygen atoms in total. The average molecular weight is 401 g/mol. The Morgan fingerprint density at radius 2 is 1.92 bits per heavy atom. The fourth-order valence-corrected chi connectivity index (χ4v) is 3.47. The van der Waals surface area contributed by atoms with Crippen LogP contribution in [0, 0.1) is 6.92 Å². The number of hydrogen-bond donors (Lipinski definition) is 0. The smallest absolute Gasteiger partial charge is 0.214 e. The third kappa shape index (κ3) is 3.07. The first-order valence-corrected chi connectivity index (χ1v) is 9.08. The molecule has 24 heavy (non-hydrogen) atoms. The molecule has 1 aromatic carbocycles. The van der Waals surface area contributed by atoms with Crippen LogP contribution < -0.4 is 0 Å². The summed E-state index contributed by atoms with van der Waals surface area (Å²) in [7, 11) is 0. The Bertz CT molecular complexity index is 991. The van der Waals surface area contributed by atoms with Crippen molar-refractivity contribution >= 4 is 33.3 Å². The maximum atomic E-state index is 4.61. The summed E-state index contributed by atoms with van der Waals surface area (Å²) in [5, 5.41) is 12.8. The van der Waals surface area contributed by atoms with Crippen molar-refractivity contribution in [3.63, 3.8) is 0 Å². The minimum Gasteiger partial charge on any atom is -0.306 e. The third-order valence-corrected chi connectivity index (χ3v) is 4.96. The van der Waals surface area contributed by atoms with Crippen LogP contribution in [0.2, 0.25) is 0 Å². The molecule has 3 heterocycles. The number of benzene rings is 1. The first-order valence-electron chi connectivity index (χ1n) is 7.30. The number of halogens is 1. The molecule has 0 amide bonds. The van der Waals surface area contributed by atoms with E-state index in [1.807, 2.05) is 53.2 Å². The molecule has 0 bridgehead atoms. The number of thioether (sulfide) groups is 1. The van der Waals surface area contributed by atoms with Crippen molar-refractivity contribution in [3.8, 4) is 5.69 Å². The van der Waals surface area contributed by atoms with E-state index >= 15 is 0 Å². The van der Waals surface area contributed by atoms with E-state index in [9.17, 15) is 0 Å². The summed E-state index contributed by atoms with van der Waals surface area (Å²) in [5.41, 5.74) is 4.06. The SMILES string of the molecule is Cc1ccc(-n2nnnc2SCc2cn3cc(Br)ccc3n2)cc1. The molecule has 0 saturated heterocycles. The monoisotopic (exact) mass is 400 g/mol. The number of imidazole rings is 1. The molecule has 0 aliphatic heterocycles. The third-order valence-electron chi connectivity index (χ3n) is 3.53. The Balaban J connectivity index is 1.55. The fourth-order valence-electron chi connectivity index (χ4n) is 2.34. The maximum Gasteiger partial charge on any atom is 0.214 e. The first-order chi connectivity index (χ1) is 11.7. The highest BCUT2D eigenvalue weighted by atomic mass is 79.9. The molecule has 8 heteroatoms. The predicted molar refractivity (Wildman–Crippen MR) is 96.3 cm³/mol. The summed E-state index contributed by atoms with van der Waals surface area (Å²) in [6, 6.07) is 12.1. The zero-order valence-corrected chi connectivity index (χ0v) is 15.2. The minimum atomic E-state index is 0.700. The molecular weight excluding hydrogens is 388 g/mol. The lowest BCUT2D eigenvalue weighted by molar-refractivity contribution is 0.756. The van der Waals surface area contributed by atoms with Crippen LogP contribution in [0.1, 0.15) is 11.3 Å². The number of aromatic nitrogens is 6. The van der Waals surface area contributed by atoms with Gasteiger partial charge in [0, 0.05) is 22.6 Å². The molecule has 0 radical (unpaired) electrons.